The van der Waals surface area contributed by atoms with Crippen molar-refractivity contribution in [2.75, 3.05) is 25.4 Å². The number of piperazine rings is 1. The van der Waals surface area contributed by atoms with Crippen LogP contribution in [0.2, 0.25) is 0 Å². The Morgan fingerprint density at radius 1 is 1.19 bits per heavy atom. The van der Waals surface area contributed by atoms with Crippen LogP contribution in [0.25, 0.3) is 10.4 Å². The Hall–Kier alpha value is -3.26. The summed E-state index contributed by atoms with van der Waals surface area (Å²) in [6, 6.07) is 13.4. The van der Waals surface area contributed by atoms with Gasteiger partial charge in [0.15, 0.2) is 0 Å². The molecule has 2 amide bonds. The number of amides is 2. The number of rotatable bonds is 6. The van der Waals surface area contributed by atoms with E-state index in [1.165, 1.54) is 4.88 Å². The Balaban J connectivity index is 1.60. The van der Waals surface area contributed by atoms with Gasteiger partial charge in [-0.2, -0.15) is 0 Å². The van der Waals surface area contributed by atoms with E-state index in [-0.39, 0.29) is 23.5 Å². The van der Waals surface area contributed by atoms with Gasteiger partial charge in [0.1, 0.15) is 11.7 Å². The molecule has 2 N–H and O–H groups in total. The third kappa shape index (κ3) is 4.65. The SMILES string of the molecule is CCCN1CCN(C(=O)c2cc(C)nc(N)n2)[C@@H](Cc2ccc(-c3cccs3)cc2)C1=O. The Morgan fingerprint density at radius 2 is 1.97 bits per heavy atom. The maximum atomic E-state index is 13.3. The van der Waals surface area contributed by atoms with Crippen molar-refractivity contribution >= 4 is 29.1 Å². The summed E-state index contributed by atoms with van der Waals surface area (Å²) >= 11 is 1.69. The first kappa shape index (κ1) is 22.0. The van der Waals surface area contributed by atoms with E-state index in [1.54, 1.807) is 29.2 Å². The highest BCUT2D eigenvalue weighted by Gasteiger charge is 2.38. The van der Waals surface area contributed by atoms with Crippen molar-refractivity contribution in [1.29, 1.82) is 0 Å². The lowest BCUT2D eigenvalue weighted by Crippen LogP contribution is -2.59. The first-order chi connectivity index (χ1) is 15.5. The highest BCUT2D eigenvalue weighted by molar-refractivity contribution is 7.13. The third-order valence-corrected chi connectivity index (χ3v) is 6.54. The van der Waals surface area contributed by atoms with Gasteiger partial charge >= 0.3 is 0 Å². The van der Waals surface area contributed by atoms with Crippen molar-refractivity contribution in [3.63, 3.8) is 0 Å². The average molecular weight is 450 g/mol. The van der Waals surface area contributed by atoms with E-state index in [0.29, 0.717) is 31.7 Å². The monoisotopic (exact) mass is 449 g/mol. The van der Waals surface area contributed by atoms with Gasteiger partial charge < -0.3 is 15.5 Å². The molecule has 1 fully saturated rings. The molecule has 1 aliphatic rings. The predicted octanol–water partition coefficient (Wildman–Crippen LogP) is 3.40. The number of aromatic nitrogens is 2. The highest BCUT2D eigenvalue weighted by atomic mass is 32.1. The summed E-state index contributed by atoms with van der Waals surface area (Å²) in [5.74, 6) is -0.246. The maximum absolute atomic E-state index is 13.3. The van der Waals surface area contributed by atoms with E-state index in [4.69, 9.17) is 5.73 Å². The standard InChI is InChI=1S/C24H27N5O2S/c1-3-10-28-11-12-29(22(30)19-14-16(2)26-24(25)27-19)20(23(28)31)15-17-6-8-18(9-7-17)21-5-4-13-32-21/h4-9,13-14,20H,3,10-12,15H2,1-2H3,(H2,25,26,27)/t20-/m0/s1. The van der Waals surface area contributed by atoms with Crippen molar-refractivity contribution in [3.8, 4) is 10.4 Å². The van der Waals surface area contributed by atoms with Gasteiger partial charge in [0.05, 0.1) is 0 Å². The predicted molar refractivity (Wildman–Crippen MR) is 126 cm³/mol. The molecule has 8 heteroatoms. The molecule has 166 valence electrons. The molecule has 0 radical (unpaired) electrons. The van der Waals surface area contributed by atoms with Crippen LogP contribution in [0.1, 0.15) is 35.1 Å². The molecular weight excluding hydrogens is 422 g/mol. The van der Waals surface area contributed by atoms with Crippen molar-refractivity contribution in [3.05, 3.63) is 64.8 Å². The van der Waals surface area contributed by atoms with Crippen molar-refractivity contribution < 1.29 is 9.59 Å². The molecule has 32 heavy (non-hydrogen) atoms. The molecule has 3 heterocycles. The van der Waals surface area contributed by atoms with Gasteiger partial charge in [0, 0.05) is 36.6 Å². The molecule has 0 spiro atoms. The smallest absolute Gasteiger partial charge is 0.273 e. The molecule has 0 bridgehead atoms. The van der Waals surface area contributed by atoms with Crippen LogP contribution in [0, 0.1) is 6.92 Å². The van der Waals surface area contributed by atoms with Gasteiger partial charge in [0.25, 0.3) is 5.91 Å². The van der Waals surface area contributed by atoms with Gasteiger partial charge in [-0.1, -0.05) is 37.3 Å². The second-order valence-electron chi connectivity index (χ2n) is 7.97. The van der Waals surface area contributed by atoms with Crippen LogP contribution in [0.5, 0.6) is 0 Å². The number of nitrogens with two attached hydrogens (primary N) is 1. The van der Waals surface area contributed by atoms with Crippen molar-refractivity contribution in [2.45, 2.75) is 32.7 Å². The van der Waals surface area contributed by atoms with Crippen LogP contribution in [-0.4, -0.2) is 57.3 Å². The van der Waals surface area contributed by atoms with E-state index in [2.05, 4.69) is 40.5 Å². The molecule has 7 nitrogen and oxygen atoms in total. The van der Waals surface area contributed by atoms with Gasteiger partial charge in [-0.3, -0.25) is 9.59 Å². The number of thiophene rings is 1. The van der Waals surface area contributed by atoms with Crippen LogP contribution in [0.3, 0.4) is 0 Å². The van der Waals surface area contributed by atoms with Crippen LogP contribution < -0.4 is 5.73 Å². The fourth-order valence-corrected chi connectivity index (χ4v) is 4.82. The van der Waals surface area contributed by atoms with Crippen molar-refractivity contribution in [2.24, 2.45) is 0 Å². The second-order valence-corrected chi connectivity index (χ2v) is 8.92. The molecule has 4 rings (SSSR count). The molecular formula is C24H27N5O2S. The third-order valence-electron chi connectivity index (χ3n) is 5.62. The number of hydrogen-bond donors (Lipinski definition) is 1. The number of carbonyl (C=O) groups excluding carboxylic acids is 2. The van der Waals surface area contributed by atoms with Gasteiger partial charge in [-0.25, -0.2) is 9.97 Å². The van der Waals surface area contributed by atoms with E-state index in [1.807, 2.05) is 23.1 Å². The fraction of sp³-hybridized carbons (Fsp3) is 0.333. The maximum Gasteiger partial charge on any atom is 0.273 e. The number of anilines is 1. The summed E-state index contributed by atoms with van der Waals surface area (Å²) in [7, 11) is 0. The summed E-state index contributed by atoms with van der Waals surface area (Å²) in [4.78, 5) is 39.5. The van der Waals surface area contributed by atoms with E-state index >= 15 is 0 Å². The normalized spacial score (nSPS) is 16.4. The van der Waals surface area contributed by atoms with E-state index in [0.717, 1.165) is 17.5 Å². The average Bonchev–Trinajstić information content (AvgIpc) is 3.31. The minimum atomic E-state index is -0.577. The lowest BCUT2D eigenvalue weighted by atomic mass is 9.99. The zero-order valence-corrected chi connectivity index (χ0v) is 19.1. The number of aryl methyl sites for hydroxylation is 1. The topological polar surface area (TPSA) is 92.4 Å². The lowest BCUT2D eigenvalue weighted by Gasteiger charge is -2.40. The molecule has 0 saturated carbocycles. The second kappa shape index (κ2) is 9.48. The summed E-state index contributed by atoms with van der Waals surface area (Å²) in [6.45, 7) is 5.49. The zero-order valence-electron chi connectivity index (χ0n) is 18.3. The molecule has 1 aliphatic heterocycles. The minimum absolute atomic E-state index is 0.0208. The molecule has 1 atom stereocenters. The van der Waals surface area contributed by atoms with Crippen LogP contribution in [0.4, 0.5) is 5.95 Å². The van der Waals surface area contributed by atoms with Gasteiger partial charge in [-0.05, 0) is 42.0 Å². The highest BCUT2D eigenvalue weighted by Crippen LogP contribution is 2.26. The summed E-state index contributed by atoms with van der Waals surface area (Å²) in [5.41, 5.74) is 8.77. The minimum Gasteiger partial charge on any atom is -0.368 e. The largest absolute Gasteiger partial charge is 0.368 e. The lowest BCUT2D eigenvalue weighted by molar-refractivity contribution is -0.140. The number of carbonyl (C=O) groups is 2. The van der Waals surface area contributed by atoms with Gasteiger partial charge in [-0.15, -0.1) is 11.3 Å². The Morgan fingerprint density at radius 3 is 2.62 bits per heavy atom. The molecule has 0 unspecified atom stereocenters. The summed E-state index contributed by atoms with van der Waals surface area (Å²) in [5, 5.41) is 2.05. The van der Waals surface area contributed by atoms with Crippen LogP contribution in [0.15, 0.2) is 47.8 Å². The molecule has 2 aromatic heterocycles. The van der Waals surface area contributed by atoms with Crippen LogP contribution >= 0.6 is 11.3 Å². The van der Waals surface area contributed by atoms with E-state index < -0.39 is 6.04 Å². The summed E-state index contributed by atoms with van der Waals surface area (Å²) in [6.07, 6.45) is 1.33. The Bertz CT molecular complexity index is 1080. The zero-order chi connectivity index (χ0) is 22.7. The molecule has 1 saturated heterocycles. The quantitative estimate of drug-likeness (QED) is 0.623. The summed E-state index contributed by atoms with van der Waals surface area (Å²) < 4.78 is 0. The van der Waals surface area contributed by atoms with E-state index in [9.17, 15) is 9.59 Å². The van der Waals surface area contributed by atoms with Crippen LogP contribution in [-0.2, 0) is 11.2 Å². The fourth-order valence-electron chi connectivity index (χ4n) is 4.09. The Labute approximate surface area is 191 Å². The van der Waals surface area contributed by atoms with Crippen molar-refractivity contribution in [1.82, 2.24) is 19.8 Å². The first-order valence-corrected chi connectivity index (χ1v) is 11.7. The number of nitrogen functional groups attached to an aromatic ring is 1. The molecule has 3 aromatic rings. The number of nitrogens with zero attached hydrogens (tertiary/aromatic N) is 4. The van der Waals surface area contributed by atoms with Gasteiger partial charge in [0.2, 0.25) is 11.9 Å². The number of benzene rings is 1. The first-order valence-electron chi connectivity index (χ1n) is 10.8. The Kier molecular flexibility index (Phi) is 6.50. The molecule has 0 aliphatic carbocycles. The number of hydrogen-bond acceptors (Lipinski definition) is 6. The molecule has 1 aromatic carbocycles.